The number of aromatic amines is 1. The quantitative estimate of drug-likeness (QED) is 0.124. The number of rotatable bonds is 13. The number of pyridine rings is 1. The van der Waals surface area contributed by atoms with Crippen LogP contribution in [0.4, 0.5) is 0 Å². The molecule has 49 heavy (non-hydrogen) atoms. The fraction of sp³-hybridized carbons (Fsp3) is 0.419. The normalized spacial score (nSPS) is 9.98. The van der Waals surface area contributed by atoms with Gasteiger partial charge in [0.15, 0.2) is 0 Å². The number of H-pyrrole nitrogens is 1. The lowest BCUT2D eigenvalue weighted by atomic mass is 10.1. The number of unbranched alkanes of at least 4 members (excludes halogenated alkanes) is 6. The van der Waals surface area contributed by atoms with E-state index in [9.17, 15) is 0 Å². The van der Waals surface area contributed by atoms with Crippen molar-refractivity contribution in [3.63, 3.8) is 0 Å². The van der Waals surface area contributed by atoms with Gasteiger partial charge in [-0.05, 0) is 91.4 Å². The van der Waals surface area contributed by atoms with Crippen molar-refractivity contribution in [3.8, 4) is 0 Å². The molecule has 1 N–H and O–H groups in total. The summed E-state index contributed by atoms with van der Waals surface area (Å²) in [6.07, 6.45) is 30.4. The highest BCUT2D eigenvalue weighted by Crippen LogP contribution is 2.17. The van der Waals surface area contributed by atoms with Crippen LogP contribution in [0.2, 0.25) is 0 Å². The highest BCUT2D eigenvalue weighted by molar-refractivity contribution is 7.09. The van der Waals surface area contributed by atoms with E-state index in [0.29, 0.717) is 0 Å². The van der Waals surface area contributed by atoms with Gasteiger partial charge < -0.3 is 9.55 Å². The van der Waals surface area contributed by atoms with Crippen molar-refractivity contribution >= 4 is 22.2 Å². The van der Waals surface area contributed by atoms with E-state index in [0.717, 1.165) is 25.0 Å². The lowest BCUT2D eigenvalue weighted by Gasteiger charge is -1.99. The molecule has 6 rings (SSSR count). The lowest BCUT2D eigenvalue weighted by Crippen LogP contribution is -1.92. The van der Waals surface area contributed by atoms with Crippen molar-refractivity contribution in [1.82, 2.24) is 24.5 Å². The summed E-state index contributed by atoms with van der Waals surface area (Å²) in [4.78, 5) is 16.6. The average molecular weight is 680 g/mol. The van der Waals surface area contributed by atoms with E-state index in [1.807, 2.05) is 29.8 Å². The van der Waals surface area contributed by atoms with Crippen molar-refractivity contribution in [1.29, 1.82) is 0 Å². The zero-order valence-electron chi connectivity index (χ0n) is 30.9. The topological polar surface area (TPSA) is 59.4 Å². The molecule has 0 amide bonds. The van der Waals surface area contributed by atoms with E-state index >= 15 is 0 Å². The molecule has 0 aliphatic rings. The third-order valence-corrected chi connectivity index (χ3v) is 8.91. The number of nitrogens with zero attached hydrogens (tertiary/aromatic N) is 4. The van der Waals surface area contributed by atoms with Crippen LogP contribution < -0.4 is 0 Å². The maximum absolute atomic E-state index is 4.03. The monoisotopic (exact) mass is 679 g/mol. The van der Waals surface area contributed by atoms with Gasteiger partial charge in [0, 0.05) is 71.9 Å². The maximum Gasteiger partial charge on any atom is 0.0583 e. The summed E-state index contributed by atoms with van der Waals surface area (Å²) in [6, 6.07) is 21.1. The zero-order chi connectivity index (χ0) is 35.2. The Morgan fingerprint density at radius 2 is 1.43 bits per heavy atom. The van der Waals surface area contributed by atoms with Crippen molar-refractivity contribution < 1.29 is 0 Å². The number of aryl methyl sites for hydroxylation is 5. The molecule has 0 aliphatic heterocycles. The third kappa shape index (κ3) is 18.9. The van der Waals surface area contributed by atoms with Crippen LogP contribution in [0, 0.1) is 0 Å². The number of fused-ring (bicyclic) bond motifs is 1. The molecule has 0 spiro atoms. The second-order valence-electron chi connectivity index (χ2n) is 11.8. The summed E-state index contributed by atoms with van der Waals surface area (Å²) in [7, 11) is 0. The molecule has 0 atom stereocenters. The Morgan fingerprint density at radius 1 is 0.653 bits per heavy atom. The van der Waals surface area contributed by atoms with Gasteiger partial charge >= 0.3 is 0 Å². The van der Waals surface area contributed by atoms with Crippen molar-refractivity contribution in [2.45, 2.75) is 118 Å². The molecule has 0 radical (unpaired) electrons. The van der Waals surface area contributed by atoms with Crippen molar-refractivity contribution in [2.75, 3.05) is 0 Å². The van der Waals surface area contributed by atoms with Gasteiger partial charge in [0.05, 0.1) is 5.69 Å². The van der Waals surface area contributed by atoms with Crippen LogP contribution in [-0.2, 0) is 32.2 Å². The van der Waals surface area contributed by atoms with Crippen molar-refractivity contribution in [2.24, 2.45) is 0 Å². The Kier molecular flexibility index (Phi) is 23.4. The summed E-state index contributed by atoms with van der Waals surface area (Å²) in [5.41, 5.74) is 5.01. The molecule has 5 aromatic heterocycles. The molecule has 0 aliphatic carbocycles. The fourth-order valence-corrected chi connectivity index (χ4v) is 5.75. The number of hydrogen-bond acceptors (Lipinski definition) is 4. The molecule has 1 aromatic carbocycles. The minimum atomic E-state index is 0.966. The van der Waals surface area contributed by atoms with Gasteiger partial charge in [-0.15, -0.1) is 11.3 Å². The minimum Gasteiger partial charge on any atom is -0.361 e. The molecule has 6 aromatic rings. The summed E-state index contributed by atoms with van der Waals surface area (Å²) in [5.74, 6) is 0. The molecule has 0 unspecified atom stereocenters. The number of benzene rings is 1. The minimum absolute atomic E-state index is 0.966. The van der Waals surface area contributed by atoms with Gasteiger partial charge in [-0.2, -0.15) is 0 Å². The van der Waals surface area contributed by atoms with Crippen molar-refractivity contribution in [3.05, 3.63) is 137 Å². The molecule has 264 valence electrons. The SMILES string of the molecule is CCCCCCCc1cccs1.CCCCCn1cccc1.CCc1cccc2[nH]ccc12.CCc1cccnc1.CCc1cnccn1. The predicted molar refractivity (Wildman–Crippen MR) is 213 cm³/mol. The summed E-state index contributed by atoms with van der Waals surface area (Å²) >= 11 is 1.89. The number of thiophene rings is 1. The molecule has 0 saturated heterocycles. The Balaban J connectivity index is 0.000000214. The van der Waals surface area contributed by atoms with E-state index in [-0.39, 0.29) is 0 Å². The average Bonchev–Trinajstić information content (AvgIpc) is 3.98. The van der Waals surface area contributed by atoms with E-state index in [2.05, 4.69) is 131 Å². The first-order chi connectivity index (χ1) is 24.1. The smallest absolute Gasteiger partial charge is 0.0583 e. The highest BCUT2D eigenvalue weighted by atomic mass is 32.1. The number of hydrogen-bond donors (Lipinski definition) is 1. The number of aromatic nitrogens is 5. The van der Waals surface area contributed by atoms with Gasteiger partial charge in [0.25, 0.3) is 0 Å². The Bertz CT molecular complexity index is 1490. The van der Waals surface area contributed by atoms with E-state index < -0.39 is 0 Å². The van der Waals surface area contributed by atoms with Gasteiger partial charge in [-0.3, -0.25) is 15.0 Å². The molecule has 6 heteroatoms. The molecule has 0 bridgehead atoms. The van der Waals surface area contributed by atoms with Gasteiger partial charge in [0.2, 0.25) is 0 Å². The van der Waals surface area contributed by atoms with Crippen LogP contribution in [0.15, 0.2) is 116 Å². The Hall–Kier alpha value is -4.03. The van der Waals surface area contributed by atoms with Crippen LogP contribution in [0.3, 0.4) is 0 Å². The largest absolute Gasteiger partial charge is 0.361 e. The van der Waals surface area contributed by atoms with E-state index in [1.54, 1.807) is 29.7 Å². The van der Waals surface area contributed by atoms with Crippen LogP contribution in [0.5, 0.6) is 0 Å². The van der Waals surface area contributed by atoms with Crippen LogP contribution in [0.1, 0.15) is 108 Å². The van der Waals surface area contributed by atoms with E-state index in [4.69, 9.17) is 0 Å². The Morgan fingerprint density at radius 3 is 2.02 bits per heavy atom. The first-order valence-electron chi connectivity index (χ1n) is 18.5. The summed E-state index contributed by atoms with van der Waals surface area (Å²) < 4.78 is 2.23. The predicted octanol–water partition coefficient (Wildman–Crippen LogP) is 12.4. The molecule has 5 nitrogen and oxygen atoms in total. The maximum atomic E-state index is 4.03. The van der Waals surface area contributed by atoms with Gasteiger partial charge in [-0.1, -0.05) is 97.4 Å². The molecule has 0 fully saturated rings. The standard InChI is InChI=1S/C11H18S.C10H11N.C9H15N.C7H9N.C6H8N2/c1-2-3-4-5-6-8-11-9-7-10-12-11;1-2-8-4-3-5-10-9(8)6-7-11-10;1-2-3-4-7-10-8-5-6-9-10;1-2-7-4-3-5-8-6-7;1-2-6-5-7-3-4-8-6/h7,9-10H,2-6,8H2,1H3;3-7,11H,2H2,1H3;5-6,8-9H,2-4,7H2,1H3;3-6H,2H2,1H3;3-5H,2H2,1H3. The lowest BCUT2D eigenvalue weighted by molar-refractivity contribution is 0.604. The molecule has 5 heterocycles. The highest BCUT2D eigenvalue weighted by Gasteiger charge is 1.97. The third-order valence-electron chi connectivity index (χ3n) is 7.97. The first kappa shape index (κ1) is 41.1. The first-order valence-corrected chi connectivity index (χ1v) is 19.3. The van der Waals surface area contributed by atoms with Gasteiger partial charge in [-0.25, -0.2) is 0 Å². The van der Waals surface area contributed by atoms with Crippen LogP contribution in [-0.4, -0.2) is 24.5 Å². The summed E-state index contributed by atoms with van der Waals surface area (Å²) in [5, 5.41) is 3.52. The number of nitrogens with one attached hydrogen (secondary N) is 1. The van der Waals surface area contributed by atoms with Gasteiger partial charge in [0.1, 0.15) is 0 Å². The molecular weight excluding hydrogens is 619 g/mol. The molecule has 0 saturated carbocycles. The fourth-order valence-electron chi connectivity index (χ4n) is 5.00. The second kappa shape index (κ2) is 27.9. The molecular formula is C43H61N5S. The van der Waals surface area contributed by atoms with Crippen LogP contribution in [0.25, 0.3) is 10.9 Å². The Labute approximate surface area is 301 Å². The second-order valence-corrected chi connectivity index (χ2v) is 12.9. The zero-order valence-corrected chi connectivity index (χ0v) is 31.7. The summed E-state index contributed by atoms with van der Waals surface area (Å²) in [6.45, 7) is 12.0. The van der Waals surface area contributed by atoms with Crippen LogP contribution >= 0.6 is 11.3 Å². The van der Waals surface area contributed by atoms with E-state index in [1.165, 1.54) is 86.4 Å².